The zero-order chi connectivity index (χ0) is 99.8. The van der Waals surface area contributed by atoms with Crippen molar-refractivity contribution in [3.63, 3.8) is 0 Å². The number of nitrogens with zero attached hydrogens (tertiary/aromatic N) is 4. The van der Waals surface area contributed by atoms with Crippen molar-refractivity contribution in [2.45, 2.75) is 565 Å². The molecule has 0 bridgehead atoms. The monoisotopic (exact) mass is 1960 g/mol. The van der Waals surface area contributed by atoms with Crippen LogP contribution in [0, 0.1) is 0 Å². The first-order chi connectivity index (χ1) is 59.9. The van der Waals surface area contributed by atoms with E-state index >= 15 is 19.2 Å². The maximum absolute atomic E-state index is 18.5. The van der Waals surface area contributed by atoms with Crippen LogP contribution >= 0.6 is 0 Å². The van der Waals surface area contributed by atoms with Crippen LogP contribution in [0.4, 0.5) is 0 Å². The molecule has 4 heterocycles. The molecule has 1 aromatic carbocycles. The molecule has 16 nitrogen and oxygen atoms in total. The van der Waals surface area contributed by atoms with Crippen molar-refractivity contribution < 1.29 is 54.6 Å². The van der Waals surface area contributed by atoms with E-state index in [9.17, 15) is 0 Å². The molecule has 0 radical (unpaired) electrons. The summed E-state index contributed by atoms with van der Waals surface area (Å²) in [7, 11) is -20.8. The van der Waals surface area contributed by atoms with Gasteiger partial charge in [0, 0.05) is 0 Å². The fraction of sp³-hybridized carbons (Fsp3) is 0.906. The lowest BCUT2D eigenvalue weighted by Crippen LogP contribution is -2.55. The molecule has 758 valence electrons. The zero-order valence-electron chi connectivity index (χ0n) is 93.6. The Hall–Kier alpha value is -1.48. The van der Waals surface area contributed by atoms with E-state index in [1.54, 1.807) is 0 Å². The van der Waals surface area contributed by atoms with Gasteiger partial charge in [-0.3, -0.25) is 19.2 Å². The number of likely N-dealkylation sites (tertiary alicyclic amines) is 4. The maximum atomic E-state index is 18.5. The molecule has 0 aliphatic carbocycles. The summed E-state index contributed by atoms with van der Waals surface area (Å²) in [4.78, 5) is 82.4. The molecule has 0 spiro atoms. The van der Waals surface area contributed by atoms with Crippen molar-refractivity contribution in [2.24, 2.45) is 0 Å². The summed E-state index contributed by atoms with van der Waals surface area (Å²) in [6, 6.07) is 0.190. The van der Waals surface area contributed by atoms with Crippen molar-refractivity contribution in [1.82, 2.24) is 19.6 Å². The molecule has 0 unspecified atom stereocenters. The van der Waals surface area contributed by atoms with E-state index < -0.39 is 115 Å². The summed E-state index contributed by atoms with van der Waals surface area (Å²) < 4.78 is 62.5. The van der Waals surface area contributed by atoms with Gasteiger partial charge in [-0.25, -0.2) is 0 Å². The third-order valence-corrected chi connectivity index (χ3v) is 84.0. The second-order valence-electron chi connectivity index (χ2n) is 49.4. The number of hydrogen-bond acceptors (Lipinski definition) is 12. The third-order valence-electron chi connectivity index (χ3n) is 35.4. The molecule has 4 aliphatic rings. The standard InChI is InChI=1S/C106H210N4O12Si8/c1-67(2)123(68(3)4,69(5)6)115-59-91-49-50-92(60-116-124(70(7)8,71(9)10)72(11)12)107(91)103(111)99-57-101(105(113)109-95(63-119-127(79(25)26,80(27)28)81(29)30)53-54-96(109)64-120-128(82(31)32,83(33)34)84(35)36)102(106(114)110-97(65-121-129(85(37)38,86(39)40)87(41)42)55-56-98(110)66-122-130(88(43)44,89(45)46)90(47)48)58-100(99)104(112)108-93(61-117-125(73(13)14,74(15)16)75(17)18)51-52-94(108)62-118-126(76(19)20,77(21)22)78(23)24/h57-58,67-98H,49-56,59-66H2,1-48H3/t91-,92-,93-,94-,95-,96-,97-,98-/m1/s1. The van der Waals surface area contributed by atoms with Crippen LogP contribution in [0.5, 0.6) is 0 Å². The average molecular weight is 1960 g/mol. The van der Waals surface area contributed by atoms with Crippen LogP contribution in [0.1, 0.15) is 425 Å². The second-order valence-corrected chi connectivity index (χ2v) is 93.0. The van der Waals surface area contributed by atoms with Crippen LogP contribution in [0.3, 0.4) is 0 Å². The van der Waals surface area contributed by atoms with Gasteiger partial charge in [-0.2, -0.15) is 0 Å². The number of carbonyl (C=O) groups is 4. The molecule has 8 atom stereocenters. The number of carbonyl (C=O) groups excluding carboxylic acids is 4. The first-order valence-corrected chi connectivity index (χ1v) is 70.7. The fourth-order valence-corrected chi connectivity index (χ4v) is 74.1. The van der Waals surface area contributed by atoms with Crippen LogP contribution in [-0.4, -0.2) is 211 Å². The van der Waals surface area contributed by atoms with Crippen LogP contribution in [0.2, 0.25) is 133 Å². The minimum Gasteiger partial charge on any atom is -0.414 e. The Morgan fingerprint density at radius 2 is 0.262 bits per heavy atom. The van der Waals surface area contributed by atoms with Crippen LogP contribution in [0.25, 0.3) is 0 Å². The van der Waals surface area contributed by atoms with E-state index in [-0.39, 0.29) is 179 Å². The van der Waals surface area contributed by atoms with Crippen molar-refractivity contribution in [1.29, 1.82) is 0 Å². The van der Waals surface area contributed by atoms with Gasteiger partial charge in [0.05, 0.1) is 123 Å². The van der Waals surface area contributed by atoms with Gasteiger partial charge >= 0.3 is 0 Å². The third kappa shape index (κ3) is 23.6. The Morgan fingerprint density at radius 3 is 0.331 bits per heavy atom. The zero-order valence-corrected chi connectivity index (χ0v) is 102. The Labute approximate surface area is 811 Å². The highest BCUT2D eigenvalue weighted by atomic mass is 28.4. The molecule has 24 heteroatoms. The summed E-state index contributed by atoms with van der Waals surface area (Å²) in [6.07, 6.45) is 5.22. The first-order valence-electron chi connectivity index (χ1n) is 53.5. The molecule has 0 N–H and O–H groups in total. The minimum absolute atomic E-state index is 0.125. The average Bonchev–Trinajstić information content (AvgIpc) is 1.51. The lowest BCUT2D eigenvalue weighted by molar-refractivity contribution is 0.0481. The fourth-order valence-electron chi connectivity index (χ4n) is 30.3. The van der Waals surface area contributed by atoms with E-state index in [4.69, 9.17) is 35.4 Å². The Bertz CT molecular complexity index is 2860. The number of rotatable bonds is 52. The Morgan fingerprint density at radius 1 is 0.185 bits per heavy atom. The van der Waals surface area contributed by atoms with Gasteiger partial charge in [-0.1, -0.05) is 332 Å². The van der Waals surface area contributed by atoms with E-state index in [0.717, 1.165) is 0 Å². The molecular weight excluding hydrogens is 1750 g/mol. The molecule has 4 saturated heterocycles. The molecule has 4 aliphatic heterocycles. The molecule has 0 aromatic heterocycles. The van der Waals surface area contributed by atoms with Crippen molar-refractivity contribution in [3.05, 3.63) is 34.4 Å². The normalized spacial score (nSPS) is 21.0. The molecular formula is C106H210N4O12Si8. The van der Waals surface area contributed by atoms with Crippen LogP contribution in [-0.2, 0) is 35.4 Å². The molecule has 5 rings (SSSR count). The van der Waals surface area contributed by atoms with Crippen molar-refractivity contribution in [2.75, 3.05) is 52.9 Å². The molecule has 0 saturated carbocycles. The highest BCUT2D eigenvalue weighted by Crippen LogP contribution is 2.53. The van der Waals surface area contributed by atoms with Gasteiger partial charge in [0.15, 0.2) is 66.5 Å². The predicted molar refractivity (Wildman–Crippen MR) is 574 cm³/mol. The SMILES string of the molecule is CC(C)[Si](OC[C@H]1CC[C@H](CO[Si](C(C)C)(C(C)C)C(C)C)N1C(=O)c1cc(C(=O)N2[C@@H](CO[Si](C(C)C)(C(C)C)C(C)C)CC[C@@H]2CO[Si](C(C)C)(C(C)C)C(C)C)c(C(=O)N2[C@@H](CO[Si](C(C)C)(C(C)C)C(C)C)CC[C@@H]2CO[Si](C(C)C)(C(C)C)C(C)C)cc1C(=O)N1[C@@H](CO[Si](C(C)C)(C(C)C)C(C)C)CC[C@@H]1CO[Si](C(C)C)(C(C)C)C(C)C)(C(C)C)C(C)C. The van der Waals surface area contributed by atoms with Gasteiger partial charge in [-0.05, 0) is 196 Å². The van der Waals surface area contributed by atoms with Crippen LogP contribution < -0.4 is 0 Å². The Balaban J connectivity index is 2.26. The molecule has 130 heavy (non-hydrogen) atoms. The molecule has 4 fully saturated rings. The summed E-state index contributed by atoms with van der Waals surface area (Å²) in [6.45, 7) is 115. The minimum atomic E-state index is -2.61. The summed E-state index contributed by atoms with van der Waals surface area (Å²) >= 11 is 0. The van der Waals surface area contributed by atoms with Gasteiger partial charge in [0.1, 0.15) is 0 Å². The number of benzene rings is 1. The quantitative estimate of drug-likeness (QED) is 0.0570. The maximum Gasteiger partial charge on any atom is 0.255 e. The highest BCUT2D eigenvalue weighted by Gasteiger charge is 2.58. The lowest BCUT2D eigenvalue weighted by Gasteiger charge is -2.45. The van der Waals surface area contributed by atoms with Gasteiger partial charge < -0.3 is 55.0 Å². The first kappa shape index (κ1) is 119. The summed E-state index contributed by atoms with van der Waals surface area (Å²) in [5, 5.41) is 0. The van der Waals surface area contributed by atoms with E-state index in [1.165, 1.54) is 0 Å². The number of amides is 4. The van der Waals surface area contributed by atoms with Gasteiger partial charge in [0.25, 0.3) is 23.6 Å². The van der Waals surface area contributed by atoms with Gasteiger partial charge in [-0.15, -0.1) is 0 Å². The topological polar surface area (TPSA) is 155 Å². The molecule has 1 aromatic rings. The summed E-state index contributed by atoms with van der Waals surface area (Å²) in [5.41, 5.74) is 6.95. The highest BCUT2D eigenvalue weighted by molar-refractivity contribution is 6.81. The van der Waals surface area contributed by atoms with Crippen molar-refractivity contribution in [3.8, 4) is 0 Å². The largest absolute Gasteiger partial charge is 0.414 e. The van der Waals surface area contributed by atoms with Crippen LogP contribution in [0.15, 0.2) is 12.1 Å². The van der Waals surface area contributed by atoms with E-state index in [1.807, 2.05) is 12.1 Å². The van der Waals surface area contributed by atoms with E-state index in [0.29, 0.717) is 104 Å². The lowest BCUT2D eigenvalue weighted by atomic mass is 9.93. The van der Waals surface area contributed by atoms with E-state index in [2.05, 4.69) is 352 Å². The smallest absolute Gasteiger partial charge is 0.255 e. The number of hydrogen-bond donors (Lipinski definition) is 0. The van der Waals surface area contributed by atoms with Crippen molar-refractivity contribution >= 4 is 90.2 Å². The molecule has 4 amide bonds. The Kier molecular flexibility index (Phi) is 44.7. The van der Waals surface area contributed by atoms with Gasteiger partial charge in [0.2, 0.25) is 0 Å². The second kappa shape index (κ2) is 48.8. The summed E-state index contributed by atoms with van der Waals surface area (Å²) in [5.74, 6) is -1.38. The predicted octanol–water partition coefficient (Wildman–Crippen LogP) is 31.1.